The number of methoxy groups -OCH3 is 1. The average Bonchev–Trinajstić information content (AvgIpc) is 3.30. The molecule has 1 heterocycles. The molecule has 7 heteroatoms. The second-order valence-corrected chi connectivity index (χ2v) is 7.51. The molecule has 0 saturated heterocycles. The van der Waals surface area contributed by atoms with Crippen molar-refractivity contribution < 1.29 is 18.7 Å². The van der Waals surface area contributed by atoms with Crippen LogP contribution in [0.15, 0.2) is 91.3 Å². The van der Waals surface area contributed by atoms with Crippen LogP contribution in [-0.2, 0) is 17.9 Å². The number of para-hydroxylation sites is 1. The normalized spacial score (nSPS) is 10.9. The molecule has 0 spiro atoms. The number of anilines is 1. The number of aromatic nitrogens is 2. The summed E-state index contributed by atoms with van der Waals surface area (Å²) in [6.07, 6.45) is 6.34. The van der Waals surface area contributed by atoms with Gasteiger partial charge in [0.1, 0.15) is 23.9 Å². The second kappa shape index (κ2) is 11.0. The van der Waals surface area contributed by atoms with Crippen molar-refractivity contribution in [1.29, 1.82) is 0 Å². The van der Waals surface area contributed by atoms with E-state index < -0.39 is 0 Å². The van der Waals surface area contributed by atoms with Gasteiger partial charge in [0.15, 0.2) is 0 Å². The van der Waals surface area contributed by atoms with Gasteiger partial charge in [0.05, 0.1) is 25.5 Å². The number of nitrogens with zero attached hydrogens (tertiary/aromatic N) is 2. The lowest BCUT2D eigenvalue weighted by atomic mass is 10.1. The summed E-state index contributed by atoms with van der Waals surface area (Å²) in [5.74, 6) is 0.878. The lowest BCUT2D eigenvalue weighted by molar-refractivity contribution is -0.111. The summed E-state index contributed by atoms with van der Waals surface area (Å²) in [6, 6.07) is 21.7. The van der Waals surface area contributed by atoms with E-state index in [2.05, 4.69) is 10.4 Å². The van der Waals surface area contributed by atoms with Crippen LogP contribution in [-0.4, -0.2) is 22.8 Å². The molecule has 1 amide bonds. The smallest absolute Gasteiger partial charge is 0.248 e. The van der Waals surface area contributed by atoms with Gasteiger partial charge < -0.3 is 14.8 Å². The molecule has 0 saturated carbocycles. The Bertz CT molecular complexity index is 1290. The number of ether oxygens (including phenoxy) is 2. The minimum absolute atomic E-state index is 0.276. The monoisotopic (exact) mass is 457 g/mol. The predicted molar refractivity (Wildman–Crippen MR) is 129 cm³/mol. The van der Waals surface area contributed by atoms with E-state index in [1.54, 1.807) is 42.3 Å². The van der Waals surface area contributed by atoms with E-state index in [0.29, 0.717) is 23.6 Å². The standard InChI is InChI=1S/C27H24FN3O3/c1-33-26-13-11-20(15-22(26)19-34-24-8-3-2-4-9-24)12-14-27(32)30-23-16-29-31(18-23)17-21-7-5-6-10-25(21)28/h2-16,18H,17,19H2,1H3,(H,30,32)/b14-12+. The molecule has 172 valence electrons. The van der Waals surface area contributed by atoms with E-state index in [4.69, 9.17) is 9.47 Å². The van der Waals surface area contributed by atoms with Gasteiger partial charge in [-0.2, -0.15) is 5.10 Å². The molecule has 0 aliphatic rings. The number of halogens is 1. The molecule has 0 aliphatic heterocycles. The first-order chi connectivity index (χ1) is 16.6. The molecular formula is C27H24FN3O3. The molecule has 6 nitrogen and oxygen atoms in total. The lowest BCUT2D eigenvalue weighted by Crippen LogP contribution is -2.07. The molecule has 0 unspecified atom stereocenters. The SMILES string of the molecule is COc1ccc(/C=C/C(=O)Nc2cnn(Cc3ccccc3F)c2)cc1COc1ccccc1. The summed E-state index contributed by atoms with van der Waals surface area (Å²) in [5.41, 5.74) is 2.74. The summed E-state index contributed by atoms with van der Waals surface area (Å²) in [7, 11) is 1.61. The number of carbonyl (C=O) groups is 1. The minimum Gasteiger partial charge on any atom is -0.496 e. The van der Waals surface area contributed by atoms with E-state index in [1.807, 2.05) is 48.5 Å². The predicted octanol–water partition coefficient (Wildman–Crippen LogP) is 5.31. The van der Waals surface area contributed by atoms with Crippen molar-refractivity contribution in [3.63, 3.8) is 0 Å². The van der Waals surface area contributed by atoms with Gasteiger partial charge >= 0.3 is 0 Å². The van der Waals surface area contributed by atoms with Gasteiger partial charge in [-0.1, -0.05) is 42.5 Å². The molecule has 3 aromatic carbocycles. The van der Waals surface area contributed by atoms with Crippen molar-refractivity contribution in [2.45, 2.75) is 13.2 Å². The number of nitrogens with one attached hydrogen (secondary N) is 1. The van der Waals surface area contributed by atoms with E-state index in [9.17, 15) is 9.18 Å². The number of carbonyl (C=O) groups excluding carboxylic acids is 1. The van der Waals surface area contributed by atoms with Crippen LogP contribution in [0.2, 0.25) is 0 Å². The highest BCUT2D eigenvalue weighted by Gasteiger charge is 2.07. The minimum atomic E-state index is -0.302. The second-order valence-electron chi connectivity index (χ2n) is 7.51. The van der Waals surface area contributed by atoms with Gasteiger partial charge in [0, 0.05) is 23.4 Å². The van der Waals surface area contributed by atoms with Crippen LogP contribution < -0.4 is 14.8 Å². The van der Waals surface area contributed by atoms with Crippen molar-refractivity contribution in [2.24, 2.45) is 0 Å². The maximum absolute atomic E-state index is 13.8. The van der Waals surface area contributed by atoms with Crippen LogP contribution in [0.4, 0.5) is 10.1 Å². The fraction of sp³-hybridized carbons (Fsp3) is 0.111. The van der Waals surface area contributed by atoms with Crippen LogP contribution in [0.1, 0.15) is 16.7 Å². The van der Waals surface area contributed by atoms with Crippen LogP contribution in [0.3, 0.4) is 0 Å². The number of benzene rings is 3. The lowest BCUT2D eigenvalue weighted by Gasteiger charge is -2.11. The molecule has 0 atom stereocenters. The number of rotatable bonds is 9. The Morgan fingerprint density at radius 1 is 1.06 bits per heavy atom. The average molecular weight is 458 g/mol. The third-order valence-corrected chi connectivity index (χ3v) is 5.06. The quantitative estimate of drug-likeness (QED) is 0.346. The van der Waals surface area contributed by atoms with Crippen molar-refractivity contribution in [1.82, 2.24) is 9.78 Å². The van der Waals surface area contributed by atoms with Gasteiger partial charge in [-0.05, 0) is 42.0 Å². The molecule has 1 N–H and O–H groups in total. The Labute approximate surface area is 197 Å². The summed E-state index contributed by atoms with van der Waals surface area (Å²) >= 11 is 0. The summed E-state index contributed by atoms with van der Waals surface area (Å²) in [6.45, 7) is 0.611. The first-order valence-corrected chi connectivity index (χ1v) is 10.7. The van der Waals surface area contributed by atoms with Crippen LogP contribution >= 0.6 is 0 Å². The highest BCUT2D eigenvalue weighted by Crippen LogP contribution is 2.23. The van der Waals surface area contributed by atoms with Gasteiger partial charge in [-0.15, -0.1) is 0 Å². The van der Waals surface area contributed by atoms with Crippen LogP contribution in [0.5, 0.6) is 11.5 Å². The Hall–Kier alpha value is -4.39. The Balaban J connectivity index is 1.37. The van der Waals surface area contributed by atoms with Crippen LogP contribution in [0, 0.1) is 5.82 Å². The zero-order valence-electron chi connectivity index (χ0n) is 18.6. The van der Waals surface area contributed by atoms with E-state index in [1.165, 1.54) is 18.3 Å². The maximum atomic E-state index is 13.8. The number of hydrogen-bond donors (Lipinski definition) is 1. The van der Waals surface area contributed by atoms with Crippen LogP contribution in [0.25, 0.3) is 6.08 Å². The van der Waals surface area contributed by atoms with E-state index in [0.717, 1.165) is 16.9 Å². The molecule has 4 aromatic rings. The zero-order chi connectivity index (χ0) is 23.8. The largest absolute Gasteiger partial charge is 0.496 e. The van der Waals surface area contributed by atoms with E-state index in [-0.39, 0.29) is 18.3 Å². The molecule has 0 fully saturated rings. The first-order valence-electron chi connectivity index (χ1n) is 10.7. The van der Waals surface area contributed by atoms with Crippen molar-refractivity contribution in [2.75, 3.05) is 12.4 Å². The Morgan fingerprint density at radius 2 is 1.85 bits per heavy atom. The molecule has 34 heavy (non-hydrogen) atoms. The van der Waals surface area contributed by atoms with Gasteiger partial charge in [-0.3, -0.25) is 9.48 Å². The Kier molecular flexibility index (Phi) is 7.35. The van der Waals surface area contributed by atoms with Gasteiger partial charge in [-0.25, -0.2) is 4.39 Å². The highest BCUT2D eigenvalue weighted by atomic mass is 19.1. The molecule has 4 rings (SSSR count). The van der Waals surface area contributed by atoms with Crippen molar-refractivity contribution in [3.8, 4) is 11.5 Å². The summed E-state index contributed by atoms with van der Waals surface area (Å²) < 4.78 is 26.7. The zero-order valence-corrected chi connectivity index (χ0v) is 18.6. The number of amides is 1. The summed E-state index contributed by atoms with van der Waals surface area (Å²) in [5, 5.41) is 6.95. The third-order valence-electron chi connectivity index (χ3n) is 5.06. The van der Waals surface area contributed by atoms with Crippen molar-refractivity contribution >= 4 is 17.7 Å². The Morgan fingerprint density at radius 3 is 2.65 bits per heavy atom. The third kappa shape index (κ3) is 6.10. The fourth-order valence-electron chi connectivity index (χ4n) is 3.36. The number of hydrogen-bond acceptors (Lipinski definition) is 4. The first kappa shape index (κ1) is 22.8. The van der Waals surface area contributed by atoms with E-state index >= 15 is 0 Å². The van der Waals surface area contributed by atoms with Gasteiger partial charge in [0.2, 0.25) is 5.91 Å². The topological polar surface area (TPSA) is 65.4 Å². The summed E-state index contributed by atoms with van der Waals surface area (Å²) in [4.78, 5) is 12.4. The molecule has 1 aromatic heterocycles. The molecule has 0 bridgehead atoms. The maximum Gasteiger partial charge on any atom is 0.248 e. The van der Waals surface area contributed by atoms with Gasteiger partial charge in [0.25, 0.3) is 0 Å². The molecule has 0 radical (unpaired) electrons. The highest BCUT2D eigenvalue weighted by molar-refractivity contribution is 6.01. The van der Waals surface area contributed by atoms with Crippen molar-refractivity contribution in [3.05, 3.63) is 114 Å². The fourth-order valence-corrected chi connectivity index (χ4v) is 3.36. The molecular weight excluding hydrogens is 433 g/mol. The molecule has 0 aliphatic carbocycles.